The molecule has 1 fully saturated rings. The van der Waals surface area contributed by atoms with Crippen molar-refractivity contribution in [2.24, 2.45) is 0 Å². The molecule has 2 heterocycles. The molecule has 2 rings (SSSR count). The van der Waals surface area contributed by atoms with Crippen LogP contribution in [-0.4, -0.2) is 43.1 Å². The van der Waals surface area contributed by atoms with Crippen molar-refractivity contribution < 1.29 is 8.42 Å². The molecule has 6 heteroatoms. The van der Waals surface area contributed by atoms with Crippen LogP contribution in [0.15, 0.2) is 24.4 Å². The molecule has 0 bridgehead atoms. The Bertz CT molecular complexity index is 469. The number of hydrogen-bond donors (Lipinski definition) is 1. The number of aromatic nitrogens is 1. The molecule has 0 unspecified atom stereocenters. The number of pyridine rings is 1. The summed E-state index contributed by atoms with van der Waals surface area (Å²) in [5, 5.41) is 2.92. The first-order valence-electron chi connectivity index (χ1n) is 6.16. The largest absolute Gasteiger partial charge is 0.317 e. The van der Waals surface area contributed by atoms with Crippen LogP contribution in [0.2, 0.25) is 0 Å². The second-order valence-corrected chi connectivity index (χ2v) is 6.89. The lowest BCUT2D eigenvalue weighted by atomic mass is 10.2. The Balaban J connectivity index is 2.05. The van der Waals surface area contributed by atoms with Gasteiger partial charge in [-0.1, -0.05) is 6.07 Å². The third-order valence-electron chi connectivity index (χ3n) is 3.25. The van der Waals surface area contributed by atoms with Crippen LogP contribution in [-0.2, 0) is 16.6 Å². The number of piperidine rings is 1. The van der Waals surface area contributed by atoms with Crippen molar-refractivity contribution in [2.45, 2.75) is 24.6 Å². The summed E-state index contributed by atoms with van der Waals surface area (Å²) in [6, 6.07) is 5.53. The zero-order chi connectivity index (χ0) is 13.0. The van der Waals surface area contributed by atoms with E-state index in [4.69, 9.17) is 0 Å². The number of hydrogen-bond acceptors (Lipinski definition) is 4. The maximum absolute atomic E-state index is 12.4. The Morgan fingerprint density at radius 3 is 2.72 bits per heavy atom. The van der Waals surface area contributed by atoms with Crippen molar-refractivity contribution in [1.82, 2.24) is 14.6 Å². The molecule has 0 spiro atoms. The molecule has 1 aromatic rings. The van der Waals surface area contributed by atoms with Crippen LogP contribution in [0.1, 0.15) is 18.5 Å². The van der Waals surface area contributed by atoms with E-state index < -0.39 is 10.0 Å². The molecule has 1 N–H and O–H groups in total. The lowest BCUT2D eigenvalue weighted by Crippen LogP contribution is -2.42. The topological polar surface area (TPSA) is 62.3 Å². The number of nitrogens with zero attached hydrogens (tertiary/aromatic N) is 2. The lowest BCUT2D eigenvalue weighted by Gasteiger charge is -2.27. The van der Waals surface area contributed by atoms with Gasteiger partial charge in [0.15, 0.2) is 0 Å². The Hall–Kier alpha value is -0.980. The fourth-order valence-electron chi connectivity index (χ4n) is 2.16. The van der Waals surface area contributed by atoms with E-state index in [2.05, 4.69) is 10.3 Å². The second-order valence-electron chi connectivity index (χ2n) is 4.57. The van der Waals surface area contributed by atoms with Gasteiger partial charge in [0.1, 0.15) is 0 Å². The SMILES string of the molecule is CN(Cc1ccccn1)S(=O)(=O)C1CCNCC1. The fourth-order valence-corrected chi connectivity index (χ4v) is 3.81. The monoisotopic (exact) mass is 269 g/mol. The zero-order valence-corrected chi connectivity index (χ0v) is 11.4. The Kier molecular flexibility index (Phi) is 4.31. The van der Waals surface area contributed by atoms with Gasteiger partial charge in [0.2, 0.25) is 10.0 Å². The van der Waals surface area contributed by atoms with Crippen molar-refractivity contribution >= 4 is 10.0 Å². The summed E-state index contributed by atoms with van der Waals surface area (Å²) in [5.74, 6) is 0. The first-order chi connectivity index (χ1) is 8.60. The normalized spacial score (nSPS) is 18.1. The summed E-state index contributed by atoms with van der Waals surface area (Å²) in [6.45, 7) is 1.90. The molecule has 1 aliphatic rings. The molecule has 1 saturated heterocycles. The quantitative estimate of drug-likeness (QED) is 0.869. The van der Waals surface area contributed by atoms with Gasteiger partial charge in [-0.3, -0.25) is 4.98 Å². The first-order valence-corrected chi connectivity index (χ1v) is 7.67. The van der Waals surface area contributed by atoms with Gasteiger partial charge < -0.3 is 5.32 Å². The van der Waals surface area contributed by atoms with Crippen molar-refractivity contribution in [1.29, 1.82) is 0 Å². The molecular weight excluding hydrogens is 250 g/mol. The zero-order valence-electron chi connectivity index (χ0n) is 10.5. The highest BCUT2D eigenvalue weighted by Crippen LogP contribution is 2.18. The van der Waals surface area contributed by atoms with Gasteiger partial charge in [0, 0.05) is 13.2 Å². The van der Waals surface area contributed by atoms with Crippen LogP contribution >= 0.6 is 0 Å². The summed E-state index contributed by atoms with van der Waals surface area (Å²) in [5.41, 5.74) is 0.775. The lowest BCUT2D eigenvalue weighted by molar-refractivity contribution is 0.426. The molecule has 0 aromatic carbocycles. The van der Waals surface area contributed by atoms with Crippen molar-refractivity contribution in [3.63, 3.8) is 0 Å². The van der Waals surface area contributed by atoms with Crippen LogP contribution in [0.4, 0.5) is 0 Å². The highest BCUT2D eigenvalue weighted by molar-refractivity contribution is 7.89. The van der Waals surface area contributed by atoms with E-state index in [1.807, 2.05) is 18.2 Å². The van der Waals surface area contributed by atoms with Gasteiger partial charge >= 0.3 is 0 Å². The van der Waals surface area contributed by atoms with Crippen LogP contribution in [0.25, 0.3) is 0 Å². The van der Waals surface area contributed by atoms with E-state index in [9.17, 15) is 8.42 Å². The number of nitrogens with one attached hydrogen (secondary N) is 1. The summed E-state index contributed by atoms with van der Waals surface area (Å²) in [4.78, 5) is 4.16. The predicted molar refractivity (Wildman–Crippen MR) is 70.5 cm³/mol. The molecule has 18 heavy (non-hydrogen) atoms. The maximum Gasteiger partial charge on any atom is 0.217 e. The molecule has 5 nitrogen and oxygen atoms in total. The molecule has 0 saturated carbocycles. The van der Waals surface area contributed by atoms with E-state index in [0.29, 0.717) is 19.4 Å². The first kappa shape index (κ1) is 13.5. The second kappa shape index (κ2) is 5.77. The van der Waals surface area contributed by atoms with Crippen molar-refractivity contribution in [3.8, 4) is 0 Å². The molecule has 0 radical (unpaired) electrons. The van der Waals surface area contributed by atoms with Gasteiger partial charge in [-0.15, -0.1) is 0 Å². The number of rotatable bonds is 4. The van der Waals surface area contributed by atoms with Crippen LogP contribution < -0.4 is 5.32 Å². The van der Waals surface area contributed by atoms with E-state index in [-0.39, 0.29) is 5.25 Å². The molecule has 0 aliphatic carbocycles. The van der Waals surface area contributed by atoms with E-state index in [1.165, 1.54) is 4.31 Å². The third kappa shape index (κ3) is 3.07. The summed E-state index contributed by atoms with van der Waals surface area (Å²) >= 11 is 0. The smallest absolute Gasteiger partial charge is 0.217 e. The molecule has 1 aromatic heterocycles. The molecule has 0 atom stereocenters. The average Bonchev–Trinajstić information content (AvgIpc) is 2.41. The van der Waals surface area contributed by atoms with Crippen LogP contribution in [0, 0.1) is 0 Å². The minimum atomic E-state index is -3.21. The average molecular weight is 269 g/mol. The minimum Gasteiger partial charge on any atom is -0.317 e. The van der Waals surface area contributed by atoms with Crippen LogP contribution in [0.3, 0.4) is 0 Å². The highest BCUT2D eigenvalue weighted by Gasteiger charge is 2.30. The summed E-state index contributed by atoms with van der Waals surface area (Å²) in [7, 11) is -1.58. The van der Waals surface area contributed by atoms with E-state index >= 15 is 0 Å². The Morgan fingerprint density at radius 2 is 2.11 bits per heavy atom. The third-order valence-corrected chi connectivity index (χ3v) is 5.56. The summed E-state index contributed by atoms with van der Waals surface area (Å²) < 4.78 is 26.1. The van der Waals surface area contributed by atoms with Gasteiger partial charge in [0.05, 0.1) is 17.5 Å². The van der Waals surface area contributed by atoms with Gasteiger partial charge in [-0.2, -0.15) is 4.31 Å². The molecular formula is C12H19N3O2S. The van der Waals surface area contributed by atoms with Gasteiger partial charge in [-0.05, 0) is 38.1 Å². The minimum absolute atomic E-state index is 0.257. The Morgan fingerprint density at radius 1 is 1.39 bits per heavy atom. The predicted octanol–water partition coefficient (Wildman–Crippen LogP) is 0.595. The number of sulfonamides is 1. The Labute approximate surface area is 108 Å². The van der Waals surface area contributed by atoms with Gasteiger partial charge in [0.25, 0.3) is 0 Å². The maximum atomic E-state index is 12.4. The van der Waals surface area contributed by atoms with E-state index in [0.717, 1.165) is 18.8 Å². The summed E-state index contributed by atoms with van der Waals surface area (Å²) in [6.07, 6.45) is 3.06. The molecule has 0 amide bonds. The van der Waals surface area contributed by atoms with Crippen molar-refractivity contribution in [3.05, 3.63) is 30.1 Å². The van der Waals surface area contributed by atoms with Crippen molar-refractivity contribution in [2.75, 3.05) is 20.1 Å². The molecule has 100 valence electrons. The van der Waals surface area contributed by atoms with E-state index in [1.54, 1.807) is 13.2 Å². The standard InChI is InChI=1S/C12H19N3O2S/c1-15(10-11-4-2-3-7-14-11)18(16,17)12-5-8-13-9-6-12/h2-4,7,12-13H,5-6,8-10H2,1H3. The molecule has 1 aliphatic heterocycles. The van der Waals surface area contributed by atoms with Crippen LogP contribution in [0.5, 0.6) is 0 Å². The highest BCUT2D eigenvalue weighted by atomic mass is 32.2. The van der Waals surface area contributed by atoms with Gasteiger partial charge in [-0.25, -0.2) is 8.42 Å². The fraction of sp³-hybridized carbons (Fsp3) is 0.583.